The number of rotatable bonds is 5. The summed E-state index contributed by atoms with van der Waals surface area (Å²) >= 11 is 0. The van der Waals surface area contributed by atoms with Crippen LogP contribution in [0.3, 0.4) is 0 Å². The molecule has 18 heavy (non-hydrogen) atoms. The standard InChI is InChI=1S/C14H22N4/c1-4-12(5-2)18-14(16)9-13(15)11-6-7-17-10(3)8-11/h6-9,12,17H,3-5,15H2,1-2H3,(H2,16,18)/b13-9-. The van der Waals surface area contributed by atoms with Crippen LogP contribution in [0.1, 0.15) is 26.7 Å². The van der Waals surface area contributed by atoms with Crippen LogP contribution < -0.4 is 16.4 Å². The van der Waals surface area contributed by atoms with Gasteiger partial charge in [-0.25, -0.2) is 0 Å². The van der Waals surface area contributed by atoms with Crippen LogP contribution in [0.4, 0.5) is 0 Å². The van der Waals surface area contributed by atoms with Crippen molar-refractivity contribution in [1.82, 2.24) is 10.6 Å². The summed E-state index contributed by atoms with van der Waals surface area (Å²) in [6.45, 7) is 8.01. The molecule has 0 atom stereocenters. The zero-order valence-electron chi connectivity index (χ0n) is 11.1. The van der Waals surface area contributed by atoms with Crippen LogP contribution in [-0.4, -0.2) is 11.9 Å². The van der Waals surface area contributed by atoms with Gasteiger partial charge in [-0.3, -0.25) is 5.41 Å². The van der Waals surface area contributed by atoms with Crippen molar-refractivity contribution in [1.29, 1.82) is 5.41 Å². The number of allylic oxidation sites excluding steroid dienone is 2. The lowest BCUT2D eigenvalue weighted by Gasteiger charge is -2.16. The number of nitrogens with two attached hydrogens (primary N) is 1. The van der Waals surface area contributed by atoms with Crippen LogP contribution in [0.2, 0.25) is 0 Å². The average Bonchev–Trinajstić information content (AvgIpc) is 2.35. The van der Waals surface area contributed by atoms with Gasteiger partial charge >= 0.3 is 0 Å². The lowest BCUT2D eigenvalue weighted by atomic mass is 10.1. The van der Waals surface area contributed by atoms with Gasteiger partial charge in [-0.2, -0.15) is 0 Å². The molecule has 4 nitrogen and oxygen atoms in total. The summed E-state index contributed by atoms with van der Waals surface area (Å²) in [5, 5.41) is 14.0. The van der Waals surface area contributed by atoms with Crippen molar-refractivity contribution in [3.05, 3.63) is 48.0 Å². The zero-order valence-corrected chi connectivity index (χ0v) is 11.1. The van der Waals surface area contributed by atoms with Gasteiger partial charge in [0, 0.05) is 35.3 Å². The molecule has 1 heterocycles. The van der Waals surface area contributed by atoms with E-state index in [0.29, 0.717) is 17.6 Å². The summed E-state index contributed by atoms with van der Waals surface area (Å²) in [5.74, 6) is 0.347. The number of hydrogen-bond acceptors (Lipinski definition) is 3. The Balaban J connectivity index is 2.68. The quantitative estimate of drug-likeness (QED) is 0.443. The number of hydrogen-bond donors (Lipinski definition) is 4. The largest absolute Gasteiger partial charge is 0.398 e. The molecule has 0 aromatic heterocycles. The minimum absolute atomic E-state index is 0.328. The SMILES string of the molecule is C=C1C=C(/C(N)=C/C(=N)NC(CC)CC)C=CN1. The highest BCUT2D eigenvalue weighted by Gasteiger charge is 2.06. The molecule has 0 spiro atoms. The second-order valence-corrected chi connectivity index (χ2v) is 4.27. The van der Waals surface area contributed by atoms with Gasteiger partial charge in [0.25, 0.3) is 0 Å². The van der Waals surface area contributed by atoms with Gasteiger partial charge in [0.1, 0.15) is 5.84 Å². The molecule has 0 aliphatic carbocycles. The molecule has 0 bridgehead atoms. The van der Waals surface area contributed by atoms with Crippen LogP contribution in [0, 0.1) is 5.41 Å². The monoisotopic (exact) mass is 246 g/mol. The third-order valence-electron chi connectivity index (χ3n) is 2.84. The first-order chi connectivity index (χ1) is 8.56. The van der Waals surface area contributed by atoms with E-state index in [1.807, 2.05) is 12.2 Å². The highest BCUT2D eigenvalue weighted by molar-refractivity contribution is 5.91. The average molecular weight is 246 g/mol. The maximum Gasteiger partial charge on any atom is 0.120 e. The highest BCUT2D eigenvalue weighted by Crippen LogP contribution is 2.12. The van der Waals surface area contributed by atoms with E-state index < -0.39 is 0 Å². The second-order valence-electron chi connectivity index (χ2n) is 4.27. The Labute approximate surface area is 109 Å². The Morgan fingerprint density at radius 3 is 2.78 bits per heavy atom. The number of amidine groups is 1. The molecule has 0 fully saturated rings. The van der Waals surface area contributed by atoms with Crippen molar-refractivity contribution in [2.45, 2.75) is 32.7 Å². The fraction of sp³-hybridized carbons (Fsp3) is 0.357. The molecular weight excluding hydrogens is 224 g/mol. The Morgan fingerprint density at radius 1 is 1.56 bits per heavy atom. The molecule has 0 radical (unpaired) electrons. The molecule has 0 aromatic rings. The lowest BCUT2D eigenvalue weighted by Crippen LogP contribution is -2.32. The van der Waals surface area contributed by atoms with Crippen molar-refractivity contribution in [3.63, 3.8) is 0 Å². The maximum atomic E-state index is 7.87. The summed E-state index contributed by atoms with van der Waals surface area (Å²) in [6, 6.07) is 0.328. The number of nitrogens with one attached hydrogen (secondary N) is 3. The fourth-order valence-corrected chi connectivity index (χ4v) is 1.69. The van der Waals surface area contributed by atoms with Gasteiger partial charge in [0.15, 0.2) is 0 Å². The minimum atomic E-state index is 0.328. The third-order valence-corrected chi connectivity index (χ3v) is 2.84. The van der Waals surface area contributed by atoms with Gasteiger partial charge in [0.05, 0.1) is 0 Å². The van der Waals surface area contributed by atoms with E-state index in [1.54, 1.807) is 12.3 Å². The van der Waals surface area contributed by atoms with Gasteiger partial charge in [0.2, 0.25) is 0 Å². The molecule has 1 aliphatic rings. The molecule has 98 valence electrons. The molecule has 0 unspecified atom stereocenters. The van der Waals surface area contributed by atoms with Crippen LogP contribution in [0.25, 0.3) is 0 Å². The maximum absolute atomic E-state index is 7.87. The van der Waals surface area contributed by atoms with Crippen LogP contribution >= 0.6 is 0 Å². The fourth-order valence-electron chi connectivity index (χ4n) is 1.69. The molecular formula is C14H22N4. The molecule has 0 aromatic carbocycles. The first kappa shape index (κ1) is 14.1. The Hall–Kier alpha value is -1.97. The predicted octanol–water partition coefficient (Wildman–Crippen LogP) is 2.14. The molecule has 1 aliphatic heterocycles. The van der Waals surface area contributed by atoms with Gasteiger partial charge < -0.3 is 16.4 Å². The molecule has 5 N–H and O–H groups in total. The summed E-state index contributed by atoms with van der Waals surface area (Å²) in [7, 11) is 0. The topological polar surface area (TPSA) is 73.9 Å². The van der Waals surface area contributed by atoms with Crippen LogP contribution in [0.5, 0.6) is 0 Å². The van der Waals surface area contributed by atoms with Crippen molar-refractivity contribution < 1.29 is 0 Å². The Kier molecular flexibility index (Phi) is 5.24. The normalized spacial score (nSPS) is 15.4. The summed E-state index contributed by atoms with van der Waals surface area (Å²) < 4.78 is 0. The first-order valence-corrected chi connectivity index (χ1v) is 6.23. The zero-order chi connectivity index (χ0) is 13.5. The van der Waals surface area contributed by atoms with Crippen molar-refractivity contribution in [2.24, 2.45) is 5.73 Å². The van der Waals surface area contributed by atoms with Gasteiger partial charge in [-0.05, 0) is 25.0 Å². The second kappa shape index (κ2) is 6.69. The van der Waals surface area contributed by atoms with Crippen LogP contribution in [0.15, 0.2) is 48.0 Å². The van der Waals surface area contributed by atoms with E-state index in [4.69, 9.17) is 11.1 Å². The molecule has 0 amide bonds. The van der Waals surface area contributed by atoms with Gasteiger partial charge in [-0.1, -0.05) is 20.4 Å². The van der Waals surface area contributed by atoms with E-state index in [1.165, 1.54) is 0 Å². The van der Waals surface area contributed by atoms with E-state index >= 15 is 0 Å². The van der Waals surface area contributed by atoms with Crippen molar-refractivity contribution >= 4 is 5.84 Å². The minimum Gasteiger partial charge on any atom is -0.398 e. The van der Waals surface area contributed by atoms with Crippen LogP contribution in [-0.2, 0) is 0 Å². The Morgan fingerprint density at radius 2 is 2.22 bits per heavy atom. The smallest absolute Gasteiger partial charge is 0.120 e. The molecule has 0 saturated heterocycles. The molecule has 1 rings (SSSR count). The molecule has 4 heteroatoms. The summed E-state index contributed by atoms with van der Waals surface area (Å²) in [5.41, 5.74) is 8.19. The first-order valence-electron chi connectivity index (χ1n) is 6.23. The molecule has 0 saturated carbocycles. The van der Waals surface area contributed by atoms with E-state index in [-0.39, 0.29) is 0 Å². The van der Waals surface area contributed by atoms with E-state index in [2.05, 4.69) is 31.1 Å². The summed E-state index contributed by atoms with van der Waals surface area (Å²) in [6.07, 6.45) is 9.15. The van der Waals surface area contributed by atoms with Crippen molar-refractivity contribution in [3.8, 4) is 0 Å². The Bertz CT molecular complexity index is 412. The van der Waals surface area contributed by atoms with E-state index in [0.717, 1.165) is 24.1 Å². The third kappa shape index (κ3) is 4.13. The highest BCUT2D eigenvalue weighted by atomic mass is 15.0. The van der Waals surface area contributed by atoms with Gasteiger partial charge in [-0.15, -0.1) is 0 Å². The van der Waals surface area contributed by atoms with Crippen molar-refractivity contribution in [2.75, 3.05) is 0 Å². The number of dihydropyridines is 1. The lowest BCUT2D eigenvalue weighted by molar-refractivity contribution is 0.570. The summed E-state index contributed by atoms with van der Waals surface area (Å²) in [4.78, 5) is 0. The predicted molar refractivity (Wildman–Crippen MR) is 77.0 cm³/mol. The van der Waals surface area contributed by atoms with E-state index in [9.17, 15) is 0 Å².